The fourth-order valence-electron chi connectivity index (χ4n) is 2.41. The van der Waals surface area contributed by atoms with Crippen molar-refractivity contribution in [1.29, 1.82) is 0 Å². The highest BCUT2D eigenvalue weighted by atomic mass is 16.5. The summed E-state index contributed by atoms with van der Waals surface area (Å²) in [5.74, 6) is 0.420. The maximum atomic E-state index is 12.0. The average Bonchev–Trinajstić information content (AvgIpc) is 2.47. The summed E-state index contributed by atoms with van der Waals surface area (Å²) < 4.78 is 10.3. The van der Waals surface area contributed by atoms with E-state index in [2.05, 4.69) is 9.88 Å². The van der Waals surface area contributed by atoms with Crippen LogP contribution in [0.4, 0.5) is 5.69 Å². The van der Waals surface area contributed by atoms with Crippen molar-refractivity contribution in [3.63, 3.8) is 0 Å². The second-order valence-electron chi connectivity index (χ2n) is 4.51. The van der Waals surface area contributed by atoms with E-state index in [9.17, 15) is 4.79 Å². The normalized spacial score (nSPS) is 19.1. The van der Waals surface area contributed by atoms with Crippen LogP contribution in [-0.4, -0.2) is 37.3 Å². The molecule has 5 heteroatoms. The van der Waals surface area contributed by atoms with Crippen molar-refractivity contribution in [2.45, 2.75) is 32.2 Å². The number of hydrogen-bond donors (Lipinski definition) is 0. The van der Waals surface area contributed by atoms with E-state index in [4.69, 9.17) is 9.47 Å². The van der Waals surface area contributed by atoms with Gasteiger partial charge in [-0.2, -0.15) is 0 Å². The first-order valence-electron chi connectivity index (χ1n) is 6.69. The van der Waals surface area contributed by atoms with E-state index < -0.39 is 0 Å². The van der Waals surface area contributed by atoms with Crippen LogP contribution in [0.25, 0.3) is 0 Å². The van der Waals surface area contributed by atoms with Gasteiger partial charge in [-0.3, -0.25) is 0 Å². The highest BCUT2D eigenvalue weighted by molar-refractivity contribution is 5.80. The zero-order valence-corrected chi connectivity index (χ0v) is 11.5. The minimum absolute atomic E-state index is 0.141. The van der Waals surface area contributed by atoms with Gasteiger partial charge in [-0.1, -0.05) is 0 Å². The molecule has 1 fully saturated rings. The lowest BCUT2D eigenvalue weighted by atomic mass is 10.0. The van der Waals surface area contributed by atoms with Crippen LogP contribution in [0.1, 0.15) is 26.2 Å². The zero-order valence-electron chi connectivity index (χ0n) is 11.5. The summed E-state index contributed by atoms with van der Waals surface area (Å²) in [4.78, 5) is 18.2. The van der Waals surface area contributed by atoms with Gasteiger partial charge in [-0.25, -0.2) is 9.78 Å². The summed E-state index contributed by atoms with van der Waals surface area (Å²) in [5.41, 5.74) is 0.963. The van der Waals surface area contributed by atoms with Crippen LogP contribution in [-0.2, 0) is 9.53 Å². The van der Waals surface area contributed by atoms with Gasteiger partial charge in [0.15, 0.2) is 0 Å². The Labute approximate surface area is 113 Å². The van der Waals surface area contributed by atoms with Crippen LogP contribution in [0, 0.1) is 0 Å². The number of piperidine rings is 1. The van der Waals surface area contributed by atoms with Crippen LogP contribution >= 0.6 is 0 Å². The van der Waals surface area contributed by atoms with Gasteiger partial charge in [0, 0.05) is 24.5 Å². The molecule has 0 saturated carbocycles. The molecule has 0 bridgehead atoms. The van der Waals surface area contributed by atoms with E-state index in [1.54, 1.807) is 13.3 Å². The zero-order chi connectivity index (χ0) is 13.7. The van der Waals surface area contributed by atoms with Gasteiger partial charge in [-0.15, -0.1) is 0 Å². The smallest absolute Gasteiger partial charge is 0.328 e. The molecule has 2 heterocycles. The third kappa shape index (κ3) is 3.16. The van der Waals surface area contributed by atoms with Crippen molar-refractivity contribution < 1.29 is 14.3 Å². The Kier molecular flexibility index (Phi) is 4.60. The number of methoxy groups -OCH3 is 1. The minimum atomic E-state index is -0.194. The molecular weight excluding hydrogens is 244 g/mol. The number of ether oxygens (including phenoxy) is 2. The van der Waals surface area contributed by atoms with Gasteiger partial charge < -0.3 is 14.4 Å². The SMILES string of the molecule is CCOC(=O)C1CCCCN1c1ccnc(OC)c1. The first-order valence-corrected chi connectivity index (χ1v) is 6.69. The lowest BCUT2D eigenvalue weighted by molar-refractivity contribution is -0.145. The van der Waals surface area contributed by atoms with Gasteiger partial charge in [-0.05, 0) is 32.3 Å². The molecule has 2 rings (SSSR count). The maximum absolute atomic E-state index is 12.0. The molecule has 0 radical (unpaired) electrons. The summed E-state index contributed by atoms with van der Waals surface area (Å²) >= 11 is 0. The predicted octanol–water partition coefficient (Wildman–Crippen LogP) is 2.01. The standard InChI is InChI=1S/C14H20N2O3/c1-3-19-14(17)12-6-4-5-9-16(12)11-7-8-15-13(10-11)18-2/h7-8,10,12H,3-6,9H2,1-2H3. The third-order valence-corrected chi connectivity index (χ3v) is 3.32. The van der Waals surface area contributed by atoms with Crippen LogP contribution in [0.3, 0.4) is 0 Å². The fraction of sp³-hybridized carbons (Fsp3) is 0.571. The molecule has 19 heavy (non-hydrogen) atoms. The number of nitrogens with zero attached hydrogens (tertiary/aromatic N) is 2. The highest BCUT2D eigenvalue weighted by Gasteiger charge is 2.30. The first-order chi connectivity index (χ1) is 9.26. The predicted molar refractivity (Wildman–Crippen MR) is 72.4 cm³/mol. The fourth-order valence-corrected chi connectivity index (χ4v) is 2.41. The number of anilines is 1. The van der Waals surface area contributed by atoms with Crippen molar-refractivity contribution in [2.24, 2.45) is 0 Å². The van der Waals surface area contributed by atoms with Gasteiger partial charge in [0.25, 0.3) is 0 Å². The second kappa shape index (κ2) is 6.41. The van der Waals surface area contributed by atoms with E-state index in [0.29, 0.717) is 12.5 Å². The van der Waals surface area contributed by atoms with Crippen molar-refractivity contribution >= 4 is 11.7 Å². The number of rotatable bonds is 4. The van der Waals surface area contributed by atoms with E-state index in [1.807, 2.05) is 19.1 Å². The van der Waals surface area contributed by atoms with Crippen molar-refractivity contribution in [1.82, 2.24) is 4.98 Å². The van der Waals surface area contributed by atoms with E-state index in [-0.39, 0.29) is 12.0 Å². The van der Waals surface area contributed by atoms with Crippen molar-refractivity contribution in [3.8, 4) is 5.88 Å². The summed E-state index contributed by atoms with van der Waals surface area (Å²) in [5, 5.41) is 0. The molecule has 0 spiro atoms. The maximum Gasteiger partial charge on any atom is 0.328 e. The molecule has 0 aliphatic carbocycles. The molecule has 1 aliphatic rings. The van der Waals surface area contributed by atoms with Gasteiger partial charge in [0.1, 0.15) is 6.04 Å². The first kappa shape index (κ1) is 13.6. The molecule has 0 N–H and O–H groups in total. The number of carbonyl (C=O) groups excluding carboxylic acids is 1. The number of pyridine rings is 1. The number of aromatic nitrogens is 1. The second-order valence-corrected chi connectivity index (χ2v) is 4.51. The minimum Gasteiger partial charge on any atom is -0.481 e. The number of hydrogen-bond acceptors (Lipinski definition) is 5. The summed E-state index contributed by atoms with van der Waals surface area (Å²) in [6.45, 7) is 3.11. The third-order valence-electron chi connectivity index (χ3n) is 3.32. The lowest BCUT2D eigenvalue weighted by Crippen LogP contribution is -2.45. The van der Waals surface area contributed by atoms with Gasteiger partial charge >= 0.3 is 5.97 Å². The molecule has 1 atom stereocenters. The van der Waals surface area contributed by atoms with Crippen LogP contribution < -0.4 is 9.64 Å². The Balaban J connectivity index is 2.20. The monoisotopic (exact) mass is 264 g/mol. The molecule has 1 aromatic rings. The van der Waals surface area contributed by atoms with Crippen LogP contribution in [0.5, 0.6) is 5.88 Å². The Bertz CT molecular complexity index is 436. The van der Waals surface area contributed by atoms with Crippen LogP contribution in [0.15, 0.2) is 18.3 Å². The molecule has 1 aliphatic heterocycles. The summed E-state index contributed by atoms with van der Waals surface area (Å²) in [6.07, 6.45) is 4.68. The highest BCUT2D eigenvalue weighted by Crippen LogP contribution is 2.27. The van der Waals surface area contributed by atoms with Gasteiger partial charge in [0.2, 0.25) is 5.88 Å². The molecule has 1 saturated heterocycles. The number of carbonyl (C=O) groups is 1. The Morgan fingerprint density at radius 1 is 1.53 bits per heavy atom. The molecular formula is C14H20N2O3. The Hall–Kier alpha value is -1.78. The average molecular weight is 264 g/mol. The lowest BCUT2D eigenvalue weighted by Gasteiger charge is -2.35. The quantitative estimate of drug-likeness (QED) is 0.779. The largest absolute Gasteiger partial charge is 0.481 e. The molecule has 1 aromatic heterocycles. The van der Waals surface area contributed by atoms with E-state index in [1.165, 1.54) is 0 Å². The van der Waals surface area contributed by atoms with Crippen molar-refractivity contribution in [2.75, 3.05) is 25.2 Å². The topological polar surface area (TPSA) is 51.7 Å². The molecule has 1 unspecified atom stereocenters. The van der Waals surface area contributed by atoms with Crippen molar-refractivity contribution in [3.05, 3.63) is 18.3 Å². The molecule has 0 amide bonds. The molecule has 0 aromatic carbocycles. The summed E-state index contributed by atoms with van der Waals surface area (Å²) in [7, 11) is 1.59. The molecule has 5 nitrogen and oxygen atoms in total. The Morgan fingerprint density at radius 3 is 3.11 bits per heavy atom. The molecule has 104 valence electrons. The van der Waals surface area contributed by atoms with E-state index in [0.717, 1.165) is 31.5 Å². The summed E-state index contributed by atoms with van der Waals surface area (Å²) in [6, 6.07) is 3.57. The number of esters is 1. The van der Waals surface area contributed by atoms with Crippen LogP contribution in [0.2, 0.25) is 0 Å². The Morgan fingerprint density at radius 2 is 2.37 bits per heavy atom. The van der Waals surface area contributed by atoms with Gasteiger partial charge in [0.05, 0.1) is 13.7 Å². The van der Waals surface area contributed by atoms with E-state index >= 15 is 0 Å².